The van der Waals surface area contributed by atoms with Gasteiger partial charge in [0.1, 0.15) is 11.0 Å². The highest BCUT2D eigenvalue weighted by molar-refractivity contribution is 8.15. The van der Waals surface area contributed by atoms with Crippen molar-refractivity contribution in [2.75, 3.05) is 19.0 Å². The summed E-state index contributed by atoms with van der Waals surface area (Å²) < 4.78 is 5.74. The van der Waals surface area contributed by atoms with E-state index in [-0.39, 0.29) is 18.2 Å². The second kappa shape index (κ2) is 11.9. The van der Waals surface area contributed by atoms with Gasteiger partial charge in [0, 0.05) is 24.2 Å². The fourth-order valence-electron chi connectivity index (χ4n) is 3.13. The molecule has 1 saturated heterocycles. The van der Waals surface area contributed by atoms with Gasteiger partial charge in [-0.25, -0.2) is 4.99 Å². The fourth-order valence-corrected chi connectivity index (χ4v) is 4.38. The summed E-state index contributed by atoms with van der Waals surface area (Å²) in [5, 5.41) is 3.35. The average Bonchev–Trinajstić information content (AvgIpc) is 2.77. The molecule has 1 aliphatic heterocycles. The van der Waals surface area contributed by atoms with E-state index in [9.17, 15) is 9.59 Å². The Morgan fingerprint density at radius 1 is 1.22 bits per heavy atom. The van der Waals surface area contributed by atoms with Crippen molar-refractivity contribution in [3.63, 3.8) is 0 Å². The van der Waals surface area contributed by atoms with Gasteiger partial charge < -0.3 is 10.1 Å². The van der Waals surface area contributed by atoms with E-state index in [0.29, 0.717) is 28.2 Å². The lowest BCUT2D eigenvalue weighted by molar-refractivity contribution is -0.128. The van der Waals surface area contributed by atoms with Crippen molar-refractivity contribution in [2.45, 2.75) is 44.3 Å². The van der Waals surface area contributed by atoms with E-state index in [1.807, 2.05) is 24.3 Å². The van der Waals surface area contributed by atoms with E-state index < -0.39 is 5.25 Å². The Morgan fingerprint density at radius 3 is 2.72 bits per heavy atom. The van der Waals surface area contributed by atoms with Crippen molar-refractivity contribution in [1.29, 1.82) is 0 Å². The van der Waals surface area contributed by atoms with E-state index in [0.717, 1.165) is 12.2 Å². The second-order valence-corrected chi connectivity index (χ2v) is 9.17. The first-order valence-corrected chi connectivity index (χ1v) is 12.0. The maximum atomic E-state index is 12.8. The molecule has 3 rings (SSSR count). The number of ether oxygens (including phenoxy) is 1. The first-order chi connectivity index (χ1) is 15.5. The van der Waals surface area contributed by atoms with Gasteiger partial charge in [-0.3, -0.25) is 14.5 Å². The molecular weight excluding hydrogens is 446 g/mol. The minimum atomic E-state index is -0.564. The van der Waals surface area contributed by atoms with Crippen LogP contribution in [0.25, 0.3) is 0 Å². The molecule has 0 saturated carbocycles. The standard InChI is InChI=1S/C24H28ClN3O3S/c1-3-4-5-6-14-31-20-12-10-18(11-13-20)26-23(30)21-16-22(29)28(2)24(32-21)27-19-9-7-8-17(25)15-19/h7-13,15,21H,3-6,14,16H2,1-2H3,(H,26,30)/t21-/m1/s1. The van der Waals surface area contributed by atoms with E-state index in [2.05, 4.69) is 17.2 Å². The number of carbonyl (C=O) groups excluding carboxylic acids is 2. The van der Waals surface area contributed by atoms with Crippen molar-refractivity contribution in [3.8, 4) is 5.75 Å². The Kier molecular flexibility index (Phi) is 9.00. The van der Waals surface area contributed by atoms with Gasteiger partial charge in [-0.05, 0) is 48.9 Å². The average molecular weight is 474 g/mol. The number of aliphatic imine (C=N–C) groups is 1. The third-order valence-corrected chi connectivity index (χ3v) is 6.46. The number of benzene rings is 2. The molecule has 1 aliphatic rings. The van der Waals surface area contributed by atoms with Crippen LogP contribution in [-0.4, -0.2) is 40.8 Å². The first kappa shape index (κ1) is 24.1. The molecule has 1 N–H and O–H groups in total. The summed E-state index contributed by atoms with van der Waals surface area (Å²) in [4.78, 5) is 31.3. The molecule has 170 valence electrons. The Labute approximate surface area is 198 Å². The maximum absolute atomic E-state index is 12.8. The van der Waals surface area contributed by atoms with E-state index in [4.69, 9.17) is 16.3 Å². The first-order valence-electron chi connectivity index (χ1n) is 10.8. The highest BCUT2D eigenvalue weighted by Crippen LogP contribution is 2.30. The Balaban J connectivity index is 1.59. The van der Waals surface area contributed by atoms with Crippen molar-refractivity contribution in [2.24, 2.45) is 4.99 Å². The molecule has 8 heteroatoms. The number of amides is 2. The van der Waals surface area contributed by atoms with E-state index in [1.165, 1.54) is 35.9 Å². The molecule has 6 nitrogen and oxygen atoms in total. The summed E-state index contributed by atoms with van der Waals surface area (Å²) in [5.41, 5.74) is 1.29. The Hall–Kier alpha value is -2.51. The topological polar surface area (TPSA) is 71.0 Å². The molecule has 0 bridgehead atoms. The van der Waals surface area contributed by atoms with Crippen molar-refractivity contribution >= 4 is 51.7 Å². The van der Waals surface area contributed by atoms with Gasteiger partial charge in [-0.15, -0.1) is 0 Å². The monoisotopic (exact) mass is 473 g/mol. The summed E-state index contributed by atoms with van der Waals surface area (Å²) in [5.74, 6) is 0.388. The van der Waals surface area contributed by atoms with Crippen molar-refractivity contribution < 1.29 is 14.3 Å². The summed E-state index contributed by atoms with van der Waals surface area (Å²) in [7, 11) is 1.66. The zero-order valence-electron chi connectivity index (χ0n) is 18.3. The number of nitrogens with one attached hydrogen (secondary N) is 1. The highest BCUT2D eigenvalue weighted by Gasteiger charge is 2.34. The lowest BCUT2D eigenvalue weighted by Gasteiger charge is -2.28. The zero-order valence-corrected chi connectivity index (χ0v) is 19.9. The number of amidine groups is 1. The molecule has 0 aliphatic carbocycles. The van der Waals surface area contributed by atoms with Crippen LogP contribution in [0, 0.1) is 0 Å². The van der Waals surface area contributed by atoms with Crippen LogP contribution in [0.2, 0.25) is 5.02 Å². The SMILES string of the molecule is CCCCCCOc1ccc(NC(=O)[C@H]2CC(=O)N(C)C(=Nc3cccc(Cl)c3)S2)cc1. The molecule has 2 aromatic carbocycles. The lowest BCUT2D eigenvalue weighted by atomic mass is 10.2. The third kappa shape index (κ3) is 7.00. The van der Waals surface area contributed by atoms with E-state index >= 15 is 0 Å². The highest BCUT2D eigenvalue weighted by atomic mass is 35.5. The number of hydrogen-bond donors (Lipinski definition) is 1. The maximum Gasteiger partial charge on any atom is 0.238 e. The minimum absolute atomic E-state index is 0.112. The number of hydrogen-bond acceptors (Lipinski definition) is 5. The molecule has 0 spiro atoms. The predicted octanol–water partition coefficient (Wildman–Crippen LogP) is 5.89. The number of nitrogens with zero attached hydrogens (tertiary/aromatic N) is 2. The molecule has 0 radical (unpaired) electrons. The van der Waals surface area contributed by atoms with Crippen LogP contribution in [-0.2, 0) is 9.59 Å². The smallest absolute Gasteiger partial charge is 0.238 e. The van der Waals surface area contributed by atoms with Crippen LogP contribution in [0.15, 0.2) is 53.5 Å². The number of unbranched alkanes of at least 4 members (excludes halogenated alkanes) is 3. The predicted molar refractivity (Wildman–Crippen MR) is 132 cm³/mol. The molecule has 1 heterocycles. The van der Waals surface area contributed by atoms with E-state index in [1.54, 1.807) is 31.3 Å². The fraction of sp³-hybridized carbons (Fsp3) is 0.375. The van der Waals surface area contributed by atoms with Crippen LogP contribution >= 0.6 is 23.4 Å². The van der Waals surface area contributed by atoms with Crippen LogP contribution in [0.4, 0.5) is 11.4 Å². The molecule has 2 aromatic rings. The van der Waals surface area contributed by atoms with Gasteiger partial charge >= 0.3 is 0 Å². The summed E-state index contributed by atoms with van der Waals surface area (Å²) in [6.07, 6.45) is 4.73. The third-order valence-electron chi connectivity index (χ3n) is 4.98. The molecule has 32 heavy (non-hydrogen) atoms. The van der Waals surface area contributed by atoms with Gasteiger partial charge in [0.05, 0.1) is 12.3 Å². The number of halogens is 1. The van der Waals surface area contributed by atoms with Crippen LogP contribution < -0.4 is 10.1 Å². The Bertz CT molecular complexity index is 965. The van der Waals surface area contributed by atoms with Gasteiger partial charge in [-0.2, -0.15) is 0 Å². The zero-order chi connectivity index (χ0) is 22.9. The molecular formula is C24H28ClN3O3S. The van der Waals surface area contributed by atoms with Crippen LogP contribution in [0.5, 0.6) is 5.75 Å². The molecule has 0 unspecified atom stereocenters. The largest absolute Gasteiger partial charge is 0.494 e. The molecule has 1 fully saturated rings. The number of rotatable bonds is 9. The number of thioether (sulfide) groups is 1. The number of carbonyl (C=O) groups is 2. The molecule has 0 aromatic heterocycles. The van der Waals surface area contributed by atoms with Crippen molar-refractivity contribution in [1.82, 2.24) is 4.90 Å². The summed E-state index contributed by atoms with van der Waals surface area (Å²) in [6.45, 7) is 2.87. The quantitative estimate of drug-likeness (QED) is 0.461. The number of anilines is 1. The van der Waals surface area contributed by atoms with Gasteiger partial charge in [-0.1, -0.05) is 55.6 Å². The normalized spacial score (nSPS) is 17.5. The lowest BCUT2D eigenvalue weighted by Crippen LogP contribution is -2.43. The van der Waals surface area contributed by atoms with Crippen LogP contribution in [0.3, 0.4) is 0 Å². The second-order valence-electron chi connectivity index (χ2n) is 7.56. The Morgan fingerprint density at radius 2 is 2.00 bits per heavy atom. The molecule has 2 amide bonds. The summed E-state index contributed by atoms with van der Waals surface area (Å²) in [6, 6.07) is 14.4. The van der Waals surface area contributed by atoms with Gasteiger partial charge in [0.2, 0.25) is 11.8 Å². The van der Waals surface area contributed by atoms with Gasteiger partial charge in [0.25, 0.3) is 0 Å². The summed E-state index contributed by atoms with van der Waals surface area (Å²) >= 11 is 7.29. The molecule has 1 atom stereocenters. The van der Waals surface area contributed by atoms with Crippen LogP contribution in [0.1, 0.15) is 39.0 Å². The van der Waals surface area contributed by atoms with Crippen molar-refractivity contribution in [3.05, 3.63) is 53.6 Å². The minimum Gasteiger partial charge on any atom is -0.494 e. The van der Waals surface area contributed by atoms with Gasteiger partial charge in [0.15, 0.2) is 5.17 Å².